The zero-order valence-electron chi connectivity index (χ0n) is 12.2. The molecule has 2 rings (SSSR count). The van der Waals surface area contributed by atoms with Crippen molar-refractivity contribution in [3.05, 3.63) is 30.1 Å². The second-order valence-electron chi connectivity index (χ2n) is 6.58. The molecular formula is C16H24N2O. The van der Waals surface area contributed by atoms with Gasteiger partial charge in [-0.05, 0) is 43.0 Å². The largest absolute Gasteiger partial charge is 0.301 e. The van der Waals surface area contributed by atoms with E-state index >= 15 is 0 Å². The highest BCUT2D eigenvalue weighted by atomic mass is 16.1. The van der Waals surface area contributed by atoms with Crippen molar-refractivity contribution in [1.29, 1.82) is 0 Å². The summed E-state index contributed by atoms with van der Waals surface area (Å²) in [7, 11) is 2.09. The van der Waals surface area contributed by atoms with Gasteiger partial charge in [-0.15, -0.1) is 0 Å². The van der Waals surface area contributed by atoms with Crippen LogP contribution in [0.3, 0.4) is 0 Å². The Balaban J connectivity index is 1.91. The molecule has 1 fully saturated rings. The highest BCUT2D eigenvalue weighted by Crippen LogP contribution is 2.37. The Morgan fingerprint density at radius 2 is 2.05 bits per heavy atom. The van der Waals surface area contributed by atoms with Crippen LogP contribution in [0.4, 0.5) is 0 Å². The van der Waals surface area contributed by atoms with Crippen LogP contribution < -0.4 is 0 Å². The van der Waals surface area contributed by atoms with E-state index in [-0.39, 0.29) is 5.92 Å². The third kappa shape index (κ3) is 4.13. The first kappa shape index (κ1) is 14.2. The van der Waals surface area contributed by atoms with E-state index in [9.17, 15) is 4.79 Å². The Labute approximate surface area is 116 Å². The average molecular weight is 260 g/mol. The molecule has 1 aliphatic carbocycles. The Hall–Kier alpha value is -1.22. The van der Waals surface area contributed by atoms with Gasteiger partial charge < -0.3 is 4.90 Å². The average Bonchev–Trinajstić information content (AvgIpc) is 2.35. The second kappa shape index (κ2) is 5.83. The van der Waals surface area contributed by atoms with Crippen molar-refractivity contribution < 1.29 is 4.79 Å². The van der Waals surface area contributed by atoms with E-state index in [0.29, 0.717) is 11.2 Å². The quantitative estimate of drug-likeness (QED) is 0.834. The smallest absolute Gasteiger partial charge is 0.137 e. The molecule has 0 aromatic carbocycles. The molecule has 104 valence electrons. The number of ketones is 1. The fourth-order valence-electron chi connectivity index (χ4n) is 2.96. The minimum Gasteiger partial charge on any atom is -0.301 e. The minimum absolute atomic E-state index is 0.204. The van der Waals surface area contributed by atoms with E-state index in [1.54, 1.807) is 0 Å². The second-order valence-corrected chi connectivity index (χ2v) is 6.58. The summed E-state index contributed by atoms with van der Waals surface area (Å²) < 4.78 is 0. The molecule has 19 heavy (non-hydrogen) atoms. The fourth-order valence-corrected chi connectivity index (χ4v) is 2.96. The molecule has 0 radical (unpaired) electrons. The van der Waals surface area contributed by atoms with Gasteiger partial charge in [0.25, 0.3) is 0 Å². The molecular weight excluding hydrogens is 236 g/mol. The first-order valence-electron chi connectivity index (χ1n) is 7.06. The van der Waals surface area contributed by atoms with E-state index < -0.39 is 0 Å². The van der Waals surface area contributed by atoms with Crippen LogP contribution >= 0.6 is 0 Å². The summed E-state index contributed by atoms with van der Waals surface area (Å²) in [5.74, 6) is 0.650. The number of aromatic nitrogens is 1. The van der Waals surface area contributed by atoms with Gasteiger partial charge in [-0.1, -0.05) is 13.8 Å². The molecule has 0 amide bonds. The topological polar surface area (TPSA) is 33.2 Å². The number of hydrogen-bond donors (Lipinski definition) is 0. The van der Waals surface area contributed by atoms with Gasteiger partial charge in [-0.3, -0.25) is 9.78 Å². The van der Waals surface area contributed by atoms with Crippen molar-refractivity contribution in [2.75, 3.05) is 13.6 Å². The van der Waals surface area contributed by atoms with Crippen LogP contribution in [0, 0.1) is 11.3 Å². The van der Waals surface area contributed by atoms with Crippen molar-refractivity contribution in [1.82, 2.24) is 9.88 Å². The van der Waals surface area contributed by atoms with Gasteiger partial charge in [0.05, 0.1) is 0 Å². The monoisotopic (exact) mass is 260 g/mol. The highest BCUT2D eigenvalue weighted by Gasteiger charge is 2.33. The Kier molecular flexibility index (Phi) is 4.35. The van der Waals surface area contributed by atoms with Gasteiger partial charge in [0.1, 0.15) is 5.78 Å². The van der Waals surface area contributed by atoms with Crippen molar-refractivity contribution in [3.63, 3.8) is 0 Å². The normalized spacial score (nSPS) is 22.7. The summed E-state index contributed by atoms with van der Waals surface area (Å²) in [5.41, 5.74) is 1.57. The van der Waals surface area contributed by atoms with Gasteiger partial charge in [-0.25, -0.2) is 0 Å². The molecule has 1 saturated carbocycles. The molecule has 3 heteroatoms. The number of rotatable bonds is 4. The molecule has 1 unspecified atom stereocenters. The van der Waals surface area contributed by atoms with Crippen molar-refractivity contribution >= 4 is 5.78 Å². The third-order valence-corrected chi connectivity index (χ3v) is 4.04. The summed E-state index contributed by atoms with van der Waals surface area (Å²) in [5, 5.41) is 0. The Morgan fingerprint density at radius 3 is 2.74 bits per heavy atom. The van der Waals surface area contributed by atoms with Crippen LogP contribution in [0.25, 0.3) is 0 Å². The lowest BCUT2D eigenvalue weighted by molar-refractivity contribution is -0.127. The number of carbonyl (C=O) groups excluding carboxylic acids is 1. The van der Waals surface area contributed by atoms with Crippen LogP contribution in [0.1, 0.15) is 38.7 Å². The zero-order chi connectivity index (χ0) is 13.9. The highest BCUT2D eigenvalue weighted by molar-refractivity contribution is 5.82. The molecule has 0 saturated heterocycles. The number of Topliss-reactive ketones (excluding diaryl/α,β-unsaturated/α-hetero) is 1. The van der Waals surface area contributed by atoms with Crippen molar-refractivity contribution in [2.24, 2.45) is 11.3 Å². The summed E-state index contributed by atoms with van der Waals surface area (Å²) in [6.07, 6.45) is 6.44. The summed E-state index contributed by atoms with van der Waals surface area (Å²) in [6.45, 7) is 6.29. The molecule has 0 bridgehead atoms. The molecule has 1 aliphatic rings. The zero-order valence-corrected chi connectivity index (χ0v) is 12.2. The van der Waals surface area contributed by atoms with Crippen LogP contribution in [-0.2, 0) is 11.3 Å². The summed E-state index contributed by atoms with van der Waals surface area (Å²) in [6, 6.07) is 4.06. The standard InChI is InChI=1S/C16H24N2O/c1-16(2)7-4-15(19)14(10-16)12-18(3)11-13-5-8-17-9-6-13/h5-6,8-9,14H,4,7,10-12H2,1-3H3. The maximum atomic E-state index is 12.0. The SMILES string of the molecule is CN(Cc1ccncc1)CC1CC(C)(C)CCC1=O. The molecule has 3 nitrogen and oxygen atoms in total. The third-order valence-electron chi connectivity index (χ3n) is 4.04. The van der Waals surface area contributed by atoms with E-state index in [1.807, 2.05) is 24.5 Å². The van der Waals surface area contributed by atoms with Crippen molar-refractivity contribution in [2.45, 2.75) is 39.7 Å². The van der Waals surface area contributed by atoms with Gasteiger partial charge in [0, 0.05) is 37.8 Å². The number of nitrogens with zero attached hydrogens (tertiary/aromatic N) is 2. The molecule has 0 N–H and O–H groups in total. The predicted molar refractivity (Wildman–Crippen MR) is 76.7 cm³/mol. The van der Waals surface area contributed by atoms with Gasteiger partial charge in [0.15, 0.2) is 0 Å². The molecule has 1 aromatic rings. The maximum Gasteiger partial charge on any atom is 0.137 e. The maximum absolute atomic E-state index is 12.0. The Morgan fingerprint density at radius 1 is 1.37 bits per heavy atom. The molecule has 1 atom stereocenters. The van der Waals surface area contributed by atoms with Crippen LogP contribution in [0.2, 0.25) is 0 Å². The van der Waals surface area contributed by atoms with Crippen LogP contribution in [-0.4, -0.2) is 29.3 Å². The first-order chi connectivity index (χ1) is 8.96. The van der Waals surface area contributed by atoms with E-state index in [4.69, 9.17) is 0 Å². The van der Waals surface area contributed by atoms with Gasteiger partial charge in [0.2, 0.25) is 0 Å². The molecule has 0 aliphatic heterocycles. The lowest BCUT2D eigenvalue weighted by Crippen LogP contribution is -2.37. The van der Waals surface area contributed by atoms with Gasteiger partial charge in [-0.2, -0.15) is 0 Å². The number of carbonyl (C=O) groups is 1. The minimum atomic E-state index is 0.204. The number of pyridine rings is 1. The van der Waals surface area contributed by atoms with Crippen LogP contribution in [0.5, 0.6) is 0 Å². The lowest BCUT2D eigenvalue weighted by Gasteiger charge is -2.36. The molecule has 1 heterocycles. The molecule has 1 aromatic heterocycles. The Bertz CT molecular complexity index is 428. The van der Waals surface area contributed by atoms with Crippen molar-refractivity contribution in [3.8, 4) is 0 Å². The van der Waals surface area contributed by atoms with Gasteiger partial charge >= 0.3 is 0 Å². The van der Waals surface area contributed by atoms with Crippen LogP contribution in [0.15, 0.2) is 24.5 Å². The number of hydrogen-bond acceptors (Lipinski definition) is 3. The summed E-state index contributed by atoms with van der Waals surface area (Å²) >= 11 is 0. The first-order valence-corrected chi connectivity index (χ1v) is 7.06. The van der Waals surface area contributed by atoms with E-state index in [2.05, 4.69) is 30.8 Å². The molecule has 0 spiro atoms. The fraction of sp³-hybridized carbons (Fsp3) is 0.625. The summed E-state index contributed by atoms with van der Waals surface area (Å²) in [4.78, 5) is 18.3. The predicted octanol–water partition coefficient (Wildman–Crippen LogP) is 2.91. The van der Waals surface area contributed by atoms with E-state index in [1.165, 1.54) is 5.56 Å². The van der Waals surface area contributed by atoms with E-state index in [0.717, 1.165) is 32.4 Å². The lowest BCUT2D eigenvalue weighted by atomic mass is 9.71.